The summed E-state index contributed by atoms with van der Waals surface area (Å²) in [7, 11) is 0. The van der Waals surface area contributed by atoms with Crippen molar-refractivity contribution in [1.82, 2.24) is 25.4 Å². The number of aryl methyl sites for hydroxylation is 1. The van der Waals surface area contributed by atoms with Crippen LogP contribution >= 0.6 is 23.1 Å². The van der Waals surface area contributed by atoms with Gasteiger partial charge in [-0.15, -0.1) is 11.3 Å². The van der Waals surface area contributed by atoms with E-state index in [0.29, 0.717) is 18.7 Å². The van der Waals surface area contributed by atoms with E-state index in [-0.39, 0.29) is 11.8 Å². The fourth-order valence-electron chi connectivity index (χ4n) is 4.50. The summed E-state index contributed by atoms with van der Waals surface area (Å²) in [5, 5.41) is 10.8. The lowest BCUT2D eigenvalue weighted by Crippen LogP contribution is -2.58. The third-order valence-corrected chi connectivity index (χ3v) is 8.34. The number of carbonyl (C=O) groups is 2. The van der Waals surface area contributed by atoms with Crippen LogP contribution in [-0.2, 0) is 11.3 Å². The first-order chi connectivity index (χ1) is 17.9. The fraction of sp³-hybridized carbons (Fsp3) is 0.296. The maximum atomic E-state index is 13.1. The van der Waals surface area contributed by atoms with E-state index in [2.05, 4.69) is 50.1 Å². The van der Waals surface area contributed by atoms with E-state index in [1.807, 2.05) is 53.1 Å². The highest BCUT2D eigenvalue weighted by Crippen LogP contribution is 2.37. The Morgan fingerprint density at radius 1 is 1.05 bits per heavy atom. The lowest BCUT2D eigenvalue weighted by Gasteiger charge is -2.35. The molecular weight excluding hydrogens is 504 g/mol. The average Bonchev–Trinajstić information content (AvgIpc) is 3.50. The molecule has 1 saturated heterocycles. The van der Waals surface area contributed by atoms with Crippen molar-refractivity contribution in [3.8, 4) is 0 Å². The van der Waals surface area contributed by atoms with Gasteiger partial charge in [0.1, 0.15) is 0 Å². The Labute approximate surface area is 225 Å². The summed E-state index contributed by atoms with van der Waals surface area (Å²) in [6.45, 7) is 7.50. The van der Waals surface area contributed by atoms with Crippen molar-refractivity contribution in [3.63, 3.8) is 0 Å². The maximum Gasteiger partial charge on any atom is 0.253 e. The van der Waals surface area contributed by atoms with Gasteiger partial charge >= 0.3 is 0 Å². The van der Waals surface area contributed by atoms with Crippen molar-refractivity contribution in [1.29, 1.82) is 0 Å². The van der Waals surface area contributed by atoms with Gasteiger partial charge in [-0.25, -0.2) is 4.98 Å². The monoisotopic (exact) mass is 534 g/mol. The van der Waals surface area contributed by atoms with Crippen molar-refractivity contribution in [2.24, 2.45) is 0 Å². The molecule has 0 radical (unpaired) electrons. The molecule has 1 aromatic heterocycles. The molecule has 0 saturated carbocycles. The van der Waals surface area contributed by atoms with Gasteiger partial charge in [-0.2, -0.15) is 0 Å². The Morgan fingerprint density at radius 2 is 1.78 bits per heavy atom. The molecule has 10 heteroatoms. The molecule has 1 fully saturated rings. The van der Waals surface area contributed by atoms with Gasteiger partial charge in [-0.1, -0.05) is 42.1 Å². The van der Waals surface area contributed by atoms with Crippen LogP contribution in [0.5, 0.6) is 0 Å². The zero-order valence-electron chi connectivity index (χ0n) is 20.9. The fourth-order valence-corrected chi connectivity index (χ4v) is 6.37. The van der Waals surface area contributed by atoms with E-state index in [1.54, 1.807) is 11.3 Å². The van der Waals surface area contributed by atoms with Gasteiger partial charge in [0.05, 0.1) is 21.8 Å². The van der Waals surface area contributed by atoms with Gasteiger partial charge in [-0.3, -0.25) is 14.5 Å². The van der Waals surface area contributed by atoms with Gasteiger partial charge in [0.15, 0.2) is 0 Å². The lowest BCUT2D eigenvalue weighted by molar-refractivity contribution is -0.119. The molecule has 0 spiro atoms. The molecule has 3 heterocycles. The third-order valence-electron chi connectivity index (χ3n) is 6.37. The van der Waals surface area contributed by atoms with Crippen molar-refractivity contribution in [2.45, 2.75) is 25.5 Å². The highest BCUT2D eigenvalue weighted by Gasteiger charge is 2.37. The quantitative estimate of drug-likeness (QED) is 0.396. The molecule has 3 N–H and O–H groups in total. The van der Waals surface area contributed by atoms with Crippen LogP contribution in [0.1, 0.15) is 33.4 Å². The van der Waals surface area contributed by atoms with Gasteiger partial charge in [0.25, 0.3) is 5.91 Å². The van der Waals surface area contributed by atoms with Crippen LogP contribution in [-0.4, -0.2) is 57.9 Å². The molecule has 8 nitrogen and oxygen atoms in total. The summed E-state index contributed by atoms with van der Waals surface area (Å²) < 4.78 is 0. The first-order valence-electron chi connectivity index (χ1n) is 12.2. The second-order valence-electron chi connectivity index (χ2n) is 9.16. The second kappa shape index (κ2) is 11.0. The molecule has 2 amide bonds. The van der Waals surface area contributed by atoms with Crippen molar-refractivity contribution < 1.29 is 9.59 Å². The maximum absolute atomic E-state index is 13.1. The van der Waals surface area contributed by atoms with Crippen LogP contribution in [0.15, 0.2) is 65.5 Å². The van der Waals surface area contributed by atoms with Crippen LogP contribution in [0.3, 0.4) is 0 Å². The number of carbonyl (C=O) groups excluding carboxylic acids is 2. The number of anilines is 1. The summed E-state index contributed by atoms with van der Waals surface area (Å²) in [6, 6.07) is 17.9. The van der Waals surface area contributed by atoms with Crippen molar-refractivity contribution in [2.75, 3.05) is 31.5 Å². The third kappa shape index (κ3) is 5.98. The number of rotatable bonds is 7. The molecule has 37 heavy (non-hydrogen) atoms. The van der Waals surface area contributed by atoms with E-state index >= 15 is 0 Å². The van der Waals surface area contributed by atoms with Gasteiger partial charge in [0.2, 0.25) is 11.0 Å². The number of nitrogens with zero attached hydrogens (tertiary/aromatic N) is 3. The Hall–Kier alpha value is -3.34. The van der Waals surface area contributed by atoms with Crippen LogP contribution < -0.4 is 16.0 Å². The van der Waals surface area contributed by atoms with Crippen molar-refractivity contribution in [3.05, 3.63) is 87.2 Å². The molecule has 3 aromatic rings. The number of amides is 2. The number of nitrogens with one attached hydrogen (secondary N) is 3. The minimum Gasteiger partial charge on any atom is -0.337 e. The number of hydrogen-bond donors (Lipinski definition) is 3. The normalized spacial score (nSPS) is 19.7. The largest absolute Gasteiger partial charge is 0.337 e. The van der Waals surface area contributed by atoms with E-state index in [9.17, 15) is 9.59 Å². The summed E-state index contributed by atoms with van der Waals surface area (Å²) in [4.78, 5) is 34.8. The number of thioether (sulfide) groups is 1. The molecule has 0 bridgehead atoms. The Bertz CT molecular complexity index is 1290. The van der Waals surface area contributed by atoms with E-state index in [4.69, 9.17) is 0 Å². The minimum absolute atomic E-state index is 0.0421. The van der Waals surface area contributed by atoms with E-state index < -0.39 is 5.12 Å². The van der Waals surface area contributed by atoms with E-state index in [1.165, 1.54) is 24.2 Å². The average molecular weight is 535 g/mol. The summed E-state index contributed by atoms with van der Waals surface area (Å²) in [5.41, 5.74) is 6.39. The number of benzene rings is 2. The molecule has 2 aliphatic heterocycles. The highest BCUT2D eigenvalue weighted by atomic mass is 32.2. The molecule has 5 rings (SSSR count). The summed E-state index contributed by atoms with van der Waals surface area (Å²) >= 11 is 3.00. The molecule has 0 aliphatic carbocycles. The number of aromatic nitrogens is 1. The summed E-state index contributed by atoms with van der Waals surface area (Å²) in [6.07, 6.45) is 0. The van der Waals surface area contributed by atoms with Crippen LogP contribution in [0, 0.1) is 6.92 Å². The predicted octanol–water partition coefficient (Wildman–Crippen LogP) is 3.90. The molecule has 1 atom stereocenters. The second-order valence-corrected chi connectivity index (χ2v) is 11.1. The zero-order valence-corrected chi connectivity index (χ0v) is 22.5. The van der Waals surface area contributed by atoms with Crippen LogP contribution in [0.2, 0.25) is 0 Å². The van der Waals surface area contributed by atoms with Crippen LogP contribution in [0.4, 0.5) is 5.69 Å². The Balaban J connectivity index is 1.20. The first kappa shape index (κ1) is 25.3. The van der Waals surface area contributed by atoms with Gasteiger partial charge < -0.3 is 20.9 Å². The smallest absolute Gasteiger partial charge is 0.253 e. The molecule has 192 valence electrons. The SMILES string of the molecule is CC(=O)NC1(Nc2ccc(C(=O)N3CCN(Cc4ccccc4)CC3)cc2)NC(c2scnc2C)=CS1. The standard InChI is InChI=1S/C27H30N6O2S2/c1-19-25(36-18-28-19)24-17-37-27(31-24,29-20(2)34)30-23-10-8-22(9-11-23)26(35)33-14-12-32(13-15-33)16-21-6-4-3-5-7-21/h3-11,17-18,30-31H,12-16H2,1-2H3,(H,29,34). The zero-order chi connectivity index (χ0) is 25.8. The van der Waals surface area contributed by atoms with Gasteiger partial charge in [-0.05, 0) is 36.8 Å². The molecule has 1 unspecified atom stereocenters. The van der Waals surface area contributed by atoms with E-state index in [0.717, 1.165) is 41.6 Å². The van der Waals surface area contributed by atoms with Crippen molar-refractivity contribution >= 4 is 46.3 Å². The van der Waals surface area contributed by atoms with Crippen LogP contribution in [0.25, 0.3) is 5.70 Å². The molecular formula is C27H30N6O2S2. The lowest BCUT2D eigenvalue weighted by atomic mass is 10.1. The molecule has 2 aromatic carbocycles. The van der Waals surface area contributed by atoms with Gasteiger partial charge in [0, 0.05) is 56.3 Å². The predicted molar refractivity (Wildman–Crippen MR) is 150 cm³/mol. The Kier molecular flexibility index (Phi) is 7.50. The molecule has 2 aliphatic rings. The Morgan fingerprint density at radius 3 is 2.43 bits per heavy atom. The number of thiazole rings is 1. The number of hydrogen-bond acceptors (Lipinski definition) is 8. The first-order valence-corrected chi connectivity index (χ1v) is 14.0. The number of piperazine rings is 1. The topological polar surface area (TPSA) is 89.6 Å². The summed E-state index contributed by atoms with van der Waals surface area (Å²) in [5.74, 6) is -0.123. The highest BCUT2D eigenvalue weighted by molar-refractivity contribution is 8.04. The minimum atomic E-state index is -0.932.